The first-order valence-electron chi connectivity index (χ1n) is 13.8. The van der Waals surface area contributed by atoms with Crippen LogP contribution in [0.1, 0.15) is 24.1 Å². The van der Waals surface area contributed by atoms with Crippen LogP contribution in [0.5, 0.6) is 11.6 Å². The highest BCUT2D eigenvalue weighted by molar-refractivity contribution is 7.92. The molecule has 0 spiro atoms. The summed E-state index contributed by atoms with van der Waals surface area (Å²) in [6.45, 7) is 5.59. The van der Waals surface area contributed by atoms with Crippen molar-refractivity contribution in [3.8, 4) is 22.9 Å². The summed E-state index contributed by atoms with van der Waals surface area (Å²) in [5.74, 6) is 1.51. The summed E-state index contributed by atoms with van der Waals surface area (Å²) in [4.78, 5) is 17.9. The van der Waals surface area contributed by atoms with E-state index < -0.39 is 10.0 Å². The second-order valence-electron chi connectivity index (χ2n) is 10.2. The number of sulfonamides is 1. The summed E-state index contributed by atoms with van der Waals surface area (Å²) in [6.07, 6.45) is 5.56. The van der Waals surface area contributed by atoms with Gasteiger partial charge in [0, 0.05) is 41.4 Å². The van der Waals surface area contributed by atoms with Gasteiger partial charge < -0.3 is 15.4 Å². The first-order chi connectivity index (χ1) is 20.4. The fourth-order valence-electron chi connectivity index (χ4n) is 5.03. The molecule has 6 rings (SSSR count). The normalized spacial score (nSPS) is 15.3. The Hall–Kier alpha value is -4.61. The number of anilines is 2. The number of aryl methyl sites for hydroxylation is 2. The minimum Gasteiger partial charge on any atom is -0.437 e. The lowest BCUT2D eigenvalue weighted by molar-refractivity contribution is 0.466. The molecule has 1 aliphatic rings. The van der Waals surface area contributed by atoms with Crippen molar-refractivity contribution in [2.75, 3.05) is 23.1 Å². The second-order valence-corrected chi connectivity index (χ2v) is 11.9. The van der Waals surface area contributed by atoms with Crippen molar-refractivity contribution in [1.29, 1.82) is 0 Å². The molecule has 4 heterocycles. The molecular weight excluding hydrogens is 550 g/mol. The van der Waals surface area contributed by atoms with E-state index in [0.29, 0.717) is 45.6 Å². The van der Waals surface area contributed by atoms with Crippen LogP contribution in [-0.4, -0.2) is 47.5 Å². The number of piperidine rings is 1. The predicted molar refractivity (Wildman–Crippen MR) is 163 cm³/mol. The standard InChI is InChI=1S/C31H31N7O3S/c1-20-13-14-23-24(9-4-11-27(23)38-42(39,40)28-12-3-7-21(2)35-28)29(20)41-30-25(10-6-17-33-30)26-15-18-34-31(37-26)36-22-8-5-16-32-19-22/h3-4,6-7,9-15,17-18,22,32,38H,5,8,16,19H2,1-2H3,(H,34,36,37)/t22-/m0/s1. The molecule has 0 aliphatic carbocycles. The highest BCUT2D eigenvalue weighted by Crippen LogP contribution is 2.39. The maximum absolute atomic E-state index is 13.2. The molecule has 1 aliphatic heterocycles. The van der Waals surface area contributed by atoms with Gasteiger partial charge in [-0.15, -0.1) is 0 Å². The maximum Gasteiger partial charge on any atom is 0.279 e. The summed E-state index contributed by atoms with van der Waals surface area (Å²) >= 11 is 0. The lowest BCUT2D eigenvalue weighted by Crippen LogP contribution is -2.38. The molecule has 2 aromatic carbocycles. The van der Waals surface area contributed by atoms with E-state index in [1.165, 1.54) is 6.07 Å². The Morgan fingerprint density at radius 1 is 0.905 bits per heavy atom. The SMILES string of the molecule is Cc1cccc(S(=O)(=O)Nc2cccc3c(Oc4ncccc4-c4ccnc(N[C@H]5CCCNC5)n4)c(C)ccc23)n1. The van der Waals surface area contributed by atoms with Gasteiger partial charge in [0.15, 0.2) is 5.03 Å². The van der Waals surface area contributed by atoms with Crippen LogP contribution in [0.25, 0.3) is 22.0 Å². The van der Waals surface area contributed by atoms with Crippen LogP contribution in [0.3, 0.4) is 0 Å². The molecule has 1 atom stereocenters. The fraction of sp³-hybridized carbons (Fsp3) is 0.226. The van der Waals surface area contributed by atoms with Gasteiger partial charge in [-0.25, -0.2) is 19.9 Å². The van der Waals surface area contributed by atoms with Crippen molar-refractivity contribution in [2.45, 2.75) is 37.8 Å². The molecule has 42 heavy (non-hydrogen) atoms. The highest BCUT2D eigenvalue weighted by atomic mass is 32.2. The third-order valence-corrected chi connectivity index (χ3v) is 8.39. The Kier molecular flexibility index (Phi) is 7.68. The topological polar surface area (TPSA) is 131 Å². The van der Waals surface area contributed by atoms with Gasteiger partial charge in [-0.2, -0.15) is 8.42 Å². The van der Waals surface area contributed by atoms with E-state index in [9.17, 15) is 8.42 Å². The quantitative estimate of drug-likeness (QED) is 0.219. The van der Waals surface area contributed by atoms with Gasteiger partial charge in [0.1, 0.15) is 5.75 Å². The zero-order valence-electron chi connectivity index (χ0n) is 23.3. The number of nitrogens with zero attached hydrogens (tertiary/aromatic N) is 4. The van der Waals surface area contributed by atoms with Crippen molar-refractivity contribution in [1.82, 2.24) is 25.3 Å². The van der Waals surface area contributed by atoms with Crippen LogP contribution < -0.4 is 20.1 Å². The maximum atomic E-state index is 13.2. The first kappa shape index (κ1) is 27.6. The molecule has 1 saturated heterocycles. The molecule has 0 saturated carbocycles. The zero-order chi connectivity index (χ0) is 29.1. The van der Waals surface area contributed by atoms with Crippen LogP contribution in [0.15, 0.2) is 84.1 Å². The molecule has 0 radical (unpaired) electrons. The lowest BCUT2D eigenvalue weighted by Gasteiger charge is -2.23. The van der Waals surface area contributed by atoms with Crippen LogP contribution >= 0.6 is 0 Å². The van der Waals surface area contributed by atoms with E-state index in [0.717, 1.165) is 36.9 Å². The molecule has 11 heteroatoms. The number of hydrogen-bond donors (Lipinski definition) is 3. The van der Waals surface area contributed by atoms with Crippen molar-refractivity contribution >= 4 is 32.4 Å². The van der Waals surface area contributed by atoms with E-state index in [1.54, 1.807) is 43.6 Å². The van der Waals surface area contributed by atoms with Crippen LogP contribution in [0, 0.1) is 13.8 Å². The van der Waals surface area contributed by atoms with E-state index >= 15 is 0 Å². The zero-order valence-corrected chi connectivity index (χ0v) is 24.1. The molecule has 1 fully saturated rings. The molecule has 0 bridgehead atoms. The van der Waals surface area contributed by atoms with Gasteiger partial charge >= 0.3 is 0 Å². The van der Waals surface area contributed by atoms with Gasteiger partial charge in [0.25, 0.3) is 10.0 Å². The fourth-order valence-corrected chi connectivity index (χ4v) is 6.12. The molecule has 214 valence electrons. The Bertz CT molecular complexity index is 1860. The number of fused-ring (bicyclic) bond motifs is 1. The highest BCUT2D eigenvalue weighted by Gasteiger charge is 2.20. The Balaban J connectivity index is 1.33. The summed E-state index contributed by atoms with van der Waals surface area (Å²) < 4.78 is 35.5. The van der Waals surface area contributed by atoms with Gasteiger partial charge in [0.05, 0.1) is 16.9 Å². The summed E-state index contributed by atoms with van der Waals surface area (Å²) in [5.41, 5.74) is 3.30. The number of nitrogens with one attached hydrogen (secondary N) is 3. The third-order valence-electron chi connectivity index (χ3n) is 7.12. The van der Waals surface area contributed by atoms with E-state index in [1.807, 2.05) is 43.3 Å². The van der Waals surface area contributed by atoms with Crippen molar-refractivity contribution < 1.29 is 13.2 Å². The van der Waals surface area contributed by atoms with Crippen molar-refractivity contribution in [3.63, 3.8) is 0 Å². The minimum absolute atomic E-state index is 0.0420. The van der Waals surface area contributed by atoms with Crippen LogP contribution in [0.2, 0.25) is 0 Å². The van der Waals surface area contributed by atoms with Gasteiger partial charge in [-0.3, -0.25) is 4.72 Å². The number of rotatable bonds is 8. The molecule has 3 N–H and O–H groups in total. The van der Waals surface area contributed by atoms with E-state index in [4.69, 9.17) is 9.72 Å². The number of ether oxygens (including phenoxy) is 1. The smallest absolute Gasteiger partial charge is 0.279 e. The van der Waals surface area contributed by atoms with E-state index in [2.05, 4.69) is 30.3 Å². The lowest BCUT2D eigenvalue weighted by atomic mass is 10.0. The van der Waals surface area contributed by atoms with Crippen molar-refractivity contribution in [3.05, 3.63) is 90.4 Å². The molecular formula is C31H31N7O3S. The van der Waals surface area contributed by atoms with Gasteiger partial charge in [-0.05, 0) is 75.2 Å². The Morgan fingerprint density at radius 3 is 2.62 bits per heavy atom. The molecule has 0 amide bonds. The summed E-state index contributed by atoms with van der Waals surface area (Å²) in [6, 6.07) is 19.9. The Morgan fingerprint density at radius 2 is 1.79 bits per heavy atom. The third kappa shape index (κ3) is 5.88. The average molecular weight is 582 g/mol. The second kappa shape index (κ2) is 11.7. The molecule has 3 aromatic heterocycles. The largest absolute Gasteiger partial charge is 0.437 e. The number of aromatic nitrogens is 4. The minimum atomic E-state index is -3.91. The first-order valence-corrected chi connectivity index (χ1v) is 15.3. The van der Waals surface area contributed by atoms with Crippen LogP contribution in [-0.2, 0) is 10.0 Å². The summed E-state index contributed by atoms with van der Waals surface area (Å²) in [7, 11) is -3.91. The monoisotopic (exact) mass is 581 g/mol. The number of benzene rings is 2. The van der Waals surface area contributed by atoms with Gasteiger partial charge in [0.2, 0.25) is 11.8 Å². The van der Waals surface area contributed by atoms with Crippen LogP contribution in [0.4, 0.5) is 11.6 Å². The predicted octanol–water partition coefficient (Wildman–Crippen LogP) is 5.46. The van der Waals surface area contributed by atoms with E-state index in [-0.39, 0.29) is 11.1 Å². The average Bonchev–Trinajstić information content (AvgIpc) is 2.99. The molecule has 5 aromatic rings. The molecule has 10 nitrogen and oxygen atoms in total. The van der Waals surface area contributed by atoms with Gasteiger partial charge in [-0.1, -0.05) is 30.3 Å². The Labute approximate surface area is 244 Å². The van der Waals surface area contributed by atoms with Crippen molar-refractivity contribution in [2.24, 2.45) is 0 Å². The number of hydrogen-bond acceptors (Lipinski definition) is 9. The number of pyridine rings is 2. The molecule has 0 unspecified atom stereocenters. The summed E-state index contributed by atoms with van der Waals surface area (Å²) in [5, 5.41) is 8.20.